The van der Waals surface area contributed by atoms with Crippen LogP contribution in [0.2, 0.25) is 0 Å². The van der Waals surface area contributed by atoms with Gasteiger partial charge in [0.05, 0.1) is 13.2 Å². The summed E-state index contributed by atoms with van der Waals surface area (Å²) in [5.41, 5.74) is 3.29. The molecule has 0 aliphatic rings. The van der Waals surface area contributed by atoms with E-state index in [1.807, 2.05) is 31.2 Å². The Hall–Kier alpha value is -1.67. The molecule has 0 aromatic heterocycles. The van der Waals surface area contributed by atoms with Gasteiger partial charge >= 0.3 is 0 Å². The molecule has 1 rings (SSSR count). The summed E-state index contributed by atoms with van der Waals surface area (Å²) in [5, 5.41) is 0. The van der Waals surface area contributed by atoms with Crippen molar-refractivity contribution in [2.75, 3.05) is 6.61 Å². The minimum absolute atomic E-state index is 0.636. The lowest BCUT2D eigenvalue weighted by Crippen LogP contribution is -1.93. The van der Waals surface area contributed by atoms with E-state index in [9.17, 15) is 4.79 Å². The van der Waals surface area contributed by atoms with Crippen LogP contribution in [0.4, 0.5) is 0 Å². The molecule has 0 radical (unpaired) electrons. The van der Waals surface area contributed by atoms with Crippen LogP contribution in [0, 0.1) is 0 Å². The zero-order chi connectivity index (χ0) is 13.9. The summed E-state index contributed by atoms with van der Waals surface area (Å²) in [6, 6.07) is 10.2. The predicted octanol–water partition coefficient (Wildman–Crippen LogP) is 4.07. The molecular formula is C17H22O2. The second-order valence-electron chi connectivity index (χ2n) is 4.66. The first-order valence-electron chi connectivity index (χ1n) is 6.61. The van der Waals surface area contributed by atoms with Gasteiger partial charge in [0.15, 0.2) is 0 Å². The van der Waals surface area contributed by atoms with Crippen molar-refractivity contribution in [3.8, 4) is 0 Å². The number of aldehydes is 1. The lowest BCUT2D eigenvalue weighted by molar-refractivity contribution is -0.104. The molecule has 0 saturated carbocycles. The Morgan fingerprint density at radius 3 is 2.58 bits per heavy atom. The van der Waals surface area contributed by atoms with Crippen molar-refractivity contribution < 1.29 is 9.53 Å². The maximum absolute atomic E-state index is 10.4. The number of carbonyl (C=O) groups excluding carboxylic acids is 1. The average Bonchev–Trinajstić information content (AvgIpc) is 2.44. The Morgan fingerprint density at radius 1 is 1.16 bits per heavy atom. The fourth-order valence-electron chi connectivity index (χ4n) is 1.63. The highest BCUT2D eigenvalue weighted by atomic mass is 16.5. The third-order valence-corrected chi connectivity index (χ3v) is 2.85. The number of rotatable bonds is 8. The lowest BCUT2D eigenvalue weighted by atomic mass is 10.1. The van der Waals surface area contributed by atoms with E-state index in [1.165, 1.54) is 11.1 Å². The van der Waals surface area contributed by atoms with Gasteiger partial charge in [0.1, 0.15) is 6.29 Å². The third-order valence-electron chi connectivity index (χ3n) is 2.85. The smallest absolute Gasteiger partial charge is 0.145 e. The molecule has 0 bridgehead atoms. The van der Waals surface area contributed by atoms with E-state index in [0.717, 1.165) is 24.7 Å². The topological polar surface area (TPSA) is 26.3 Å². The summed E-state index contributed by atoms with van der Waals surface area (Å²) in [4.78, 5) is 10.4. The molecule has 102 valence electrons. The van der Waals surface area contributed by atoms with Crippen LogP contribution < -0.4 is 0 Å². The predicted molar refractivity (Wildman–Crippen MR) is 78.9 cm³/mol. The van der Waals surface area contributed by atoms with Crippen molar-refractivity contribution in [3.05, 3.63) is 59.2 Å². The standard InChI is InChI=1S/C17H22O2/c1-15(7-6-8-16(2)13-18)11-12-19-14-17-9-4-3-5-10-17/h3-5,8-11,13H,6-7,12,14H2,1-2H3/b15-11+,16-8+. The van der Waals surface area contributed by atoms with E-state index in [0.29, 0.717) is 13.2 Å². The van der Waals surface area contributed by atoms with Gasteiger partial charge in [0, 0.05) is 0 Å². The first-order chi connectivity index (χ1) is 9.22. The molecule has 0 spiro atoms. The van der Waals surface area contributed by atoms with E-state index in [1.54, 1.807) is 0 Å². The van der Waals surface area contributed by atoms with Crippen LogP contribution in [0.3, 0.4) is 0 Å². The third kappa shape index (κ3) is 7.37. The van der Waals surface area contributed by atoms with Crippen molar-refractivity contribution in [2.45, 2.75) is 33.3 Å². The largest absolute Gasteiger partial charge is 0.373 e. The molecule has 0 fully saturated rings. The molecule has 0 heterocycles. The molecule has 1 aromatic rings. The number of benzene rings is 1. The van der Waals surface area contributed by atoms with Crippen LogP contribution in [0.5, 0.6) is 0 Å². The molecule has 0 atom stereocenters. The Balaban J connectivity index is 2.19. The van der Waals surface area contributed by atoms with Crippen LogP contribution in [0.15, 0.2) is 53.6 Å². The second kappa shape index (κ2) is 9.29. The zero-order valence-corrected chi connectivity index (χ0v) is 11.8. The van der Waals surface area contributed by atoms with E-state index < -0.39 is 0 Å². The van der Waals surface area contributed by atoms with Crippen molar-refractivity contribution in [3.63, 3.8) is 0 Å². The van der Waals surface area contributed by atoms with Crippen molar-refractivity contribution >= 4 is 6.29 Å². The molecule has 0 amide bonds. The molecule has 0 N–H and O–H groups in total. The maximum atomic E-state index is 10.4. The molecule has 19 heavy (non-hydrogen) atoms. The van der Waals surface area contributed by atoms with Crippen molar-refractivity contribution in [2.24, 2.45) is 0 Å². The minimum Gasteiger partial charge on any atom is -0.373 e. The minimum atomic E-state index is 0.636. The highest BCUT2D eigenvalue weighted by Gasteiger charge is 1.92. The van der Waals surface area contributed by atoms with Crippen molar-refractivity contribution in [1.29, 1.82) is 0 Å². The number of ether oxygens (including phenoxy) is 1. The van der Waals surface area contributed by atoms with Gasteiger partial charge in [-0.15, -0.1) is 0 Å². The lowest BCUT2D eigenvalue weighted by Gasteiger charge is -2.03. The van der Waals surface area contributed by atoms with Crippen LogP contribution in [-0.2, 0) is 16.1 Å². The summed E-state index contributed by atoms with van der Waals surface area (Å²) in [6.45, 7) is 5.21. The summed E-state index contributed by atoms with van der Waals surface area (Å²) in [5.74, 6) is 0. The van der Waals surface area contributed by atoms with Gasteiger partial charge in [-0.3, -0.25) is 4.79 Å². The zero-order valence-electron chi connectivity index (χ0n) is 11.8. The molecule has 0 unspecified atom stereocenters. The van der Waals surface area contributed by atoms with Gasteiger partial charge < -0.3 is 4.74 Å². The van der Waals surface area contributed by atoms with Gasteiger partial charge in [-0.25, -0.2) is 0 Å². The Labute approximate surface area is 115 Å². The van der Waals surface area contributed by atoms with Gasteiger partial charge in [0.25, 0.3) is 0 Å². The van der Waals surface area contributed by atoms with E-state index in [2.05, 4.69) is 25.1 Å². The fourth-order valence-corrected chi connectivity index (χ4v) is 1.63. The monoisotopic (exact) mass is 258 g/mol. The second-order valence-corrected chi connectivity index (χ2v) is 4.66. The van der Waals surface area contributed by atoms with Crippen LogP contribution in [0.25, 0.3) is 0 Å². The summed E-state index contributed by atoms with van der Waals surface area (Å²) >= 11 is 0. The summed E-state index contributed by atoms with van der Waals surface area (Å²) < 4.78 is 5.59. The van der Waals surface area contributed by atoms with Gasteiger partial charge in [-0.05, 0) is 37.8 Å². The van der Waals surface area contributed by atoms with Crippen LogP contribution in [0.1, 0.15) is 32.3 Å². The molecule has 0 aliphatic carbocycles. The van der Waals surface area contributed by atoms with E-state index >= 15 is 0 Å². The average molecular weight is 258 g/mol. The van der Waals surface area contributed by atoms with Gasteiger partial charge in [-0.2, -0.15) is 0 Å². The first kappa shape index (κ1) is 15.4. The Kier molecular flexibility index (Phi) is 7.52. The molecule has 1 aromatic carbocycles. The number of carbonyl (C=O) groups is 1. The molecule has 2 nitrogen and oxygen atoms in total. The Bertz CT molecular complexity index is 430. The molecule has 2 heteroatoms. The quantitative estimate of drug-likeness (QED) is 0.304. The van der Waals surface area contributed by atoms with Crippen molar-refractivity contribution in [1.82, 2.24) is 0 Å². The number of hydrogen-bond donors (Lipinski definition) is 0. The number of allylic oxidation sites excluding steroid dienone is 3. The summed E-state index contributed by atoms with van der Waals surface area (Å²) in [7, 11) is 0. The number of hydrogen-bond acceptors (Lipinski definition) is 2. The Morgan fingerprint density at radius 2 is 1.89 bits per heavy atom. The molecule has 0 saturated heterocycles. The van der Waals surface area contributed by atoms with Gasteiger partial charge in [0.2, 0.25) is 0 Å². The van der Waals surface area contributed by atoms with E-state index in [4.69, 9.17) is 4.74 Å². The maximum Gasteiger partial charge on any atom is 0.145 e. The van der Waals surface area contributed by atoms with E-state index in [-0.39, 0.29) is 0 Å². The fraction of sp³-hybridized carbons (Fsp3) is 0.353. The normalized spacial score (nSPS) is 12.5. The highest BCUT2D eigenvalue weighted by molar-refractivity contribution is 5.71. The SMILES string of the molecule is C/C(C=O)=C\CC/C(C)=C/COCc1ccccc1. The van der Waals surface area contributed by atoms with Crippen LogP contribution in [-0.4, -0.2) is 12.9 Å². The molecule has 0 aliphatic heterocycles. The first-order valence-corrected chi connectivity index (χ1v) is 6.61. The highest BCUT2D eigenvalue weighted by Crippen LogP contribution is 2.07. The summed E-state index contributed by atoms with van der Waals surface area (Å²) in [6.07, 6.45) is 6.84. The van der Waals surface area contributed by atoms with Crippen LogP contribution >= 0.6 is 0 Å². The molecular weight excluding hydrogens is 236 g/mol. The van der Waals surface area contributed by atoms with Gasteiger partial charge in [-0.1, -0.05) is 48.1 Å².